The largest absolute Gasteiger partial charge is 0.304 e. The molecule has 1 amide bonds. The lowest BCUT2D eigenvalue weighted by atomic mass is 10.1. The van der Waals surface area contributed by atoms with Gasteiger partial charge < -0.3 is 4.90 Å². The van der Waals surface area contributed by atoms with Crippen LogP contribution < -0.4 is 4.90 Å². The Labute approximate surface area is 117 Å². The van der Waals surface area contributed by atoms with Gasteiger partial charge in [0.1, 0.15) is 0 Å². The number of ketones is 1. The lowest BCUT2D eigenvalue weighted by molar-refractivity contribution is -0.114. The molecule has 0 bridgehead atoms. The Balaban J connectivity index is 1.81. The summed E-state index contributed by atoms with van der Waals surface area (Å²) in [5.74, 6) is -0.816. The monoisotopic (exact) mass is 265 g/mol. The number of carbonyl (C=O) groups is 2. The van der Waals surface area contributed by atoms with Crippen LogP contribution in [0.1, 0.15) is 21.5 Å². The van der Waals surface area contributed by atoms with E-state index in [1.54, 1.807) is 17.0 Å². The topological polar surface area (TPSA) is 37.4 Å². The van der Waals surface area contributed by atoms with Gasteiger partial charge in [-0.1, -0.05) is 42.0 Å². The number of nitrogens with zero attached hydrogens (tertiary/aromatic N) is 1. The smallest absolute Gasteiger partial charge is 0.299 e. The van der Waals surface area contributed by atoms with Gasteiger partial charge >= 0.3 is 0 Å². The lowest BCUT2D eigenvalue weighted by Gasteiger charge is -2.16. The van der Waals surface area contributed by atoms with E-state index in [9.17, 15) is 9.59 Å². The highest BCUT2D eigenvalue weighted by molar-refractivity contribution is 6.52. The molecule has 1 heterocycles. The molecule has 0 saturated heterocycles. The number of amides is 1. The standard InChI is InChI=1S/C17H15NO2/c1-12-5-4-6-13(11-12)9-10-18-15-8-3-2-7-14(15)16(19)17(18)20/h2-8,11H,9-10H2,1H3. The molecule has 0 fully saturated rings. The molecule has 1 aliphatic rings. The van der Waals surface area contributed by atoms with E-state index >= 15 is 0 Å². The molecular formula is C17H15NO2. The first-order valence-corrected chi connectivity index (χ1v) is 6.67. The molecule has 0 radical (unpaired) electrons. The maximum absolute atomic E-state index is 12.0. The van der Waals surface area contributed by atoms with Crippen LogP contribution in [0.3, 0.4) is 0 Å². The molecule has 3 rings (SSSR count). The number of aryl methyl sites for hydroxylation is 1. The van der Waals surface area contributed by atoms with Gasteiger partial charge in [-0.15, -0.1) is 0 Å². The third-order valence-corrected chi connectivity index (χ3v) is 3.59. The summed E-state index contributed by atoms with van der Waals surface area (Å²) in [6.07, 6.45) is 0.745. The summed E-state index contributed by atoms with van der Waals surface area (Å²) in [7, 11) is 0. The van der Waals surface area contributed by atoms with E-state index < -0.39 is 11.7 Å². The molecule has 0 saturated carbocycles. The third-order valence-electron chi connectivity index (χ3n) is 3.59. The van der Waals surface area contributed by atoms with Crippen molar-refractivity contribution in [2.75, 3.05) is 11.4 Å². The molecule has 100 valence electrons. The van der Waals surface area contributed by atoms with Crippen molar-refractivity contribution in [3.63, 3.8) is 0 Å². The predicted octanol–water partition coefficient (Wildman–Crippen LogP) is 2.77. The molecule has 20 heavy (non-hydrogen) atoms. The van der Waals surface area contributed by atoms with Crippen LogP contribution in [0.4, 0.5) is 5.69 Å². The minimum atomic E-state index is -0.418. The second-order valence-electron chi connectivity index (χ2n) is 5.04. The van der Waals surface area contributed by atoms with E-state index in [-0.39, 0.29) is 0 Å². The highest BCUT2D eigenvalue weighted by Gasteiger charge is 2.34. The first-order valence-electron chi connectivity index (χ1n) is 6.67. The number of anilines is 1. The maximum atomic E-state index is 12.0. The zero-order chi connectivity index (χ0) is 14.1. The van der Waals surface area contributed by atoms with Crippen molar-refractivity contribution < 1.29 is 9.59 Å². The molecule has 0 unspecified atom stereocenters. The van der Waals surface area contributed by atoms with Crippen molar-refractivity contribution in [2.24, 2.45) is 0 Å². The van der Waals surface area contributed by atoms with Crippen molar-refractivity contribution in [2.45, 2.75) is 13.3 Å². The van der Waals surface area contributed by atoms with Crippen molar-refractivity contribution in [3.8, 4) is 0 Å². The van der Waals surface area contributed by atoms with Crippen LogP contribution in [0.15, 0.2) is 48.5 Å². The summed E-state index contributed by atoms with van der Waals surface area (Å²) < 4.78 is 0. The van der Waals surface area contributed by atoms with Crippen molar-refractivity contribution in [1.82, 2.24) is 0 Å². The fraction of sp³-hybridized carbons (Fsp3) is 0.176. The zero-order valence-electron chi connectivity index (χ0n) is 11.3. The molecule has 2 aromatic rings. The second-order valence-corrected chi connectivity index (χ2v) is 5.04. The van der Waals surface area contributed by atoms with Gasteiger partial charge in [0.25, 0.3) is 11.7 Å². The Morgan fingerprint density at radius 3 is 2.60 bits per heavy atom. The van der Waals surface area contributed by atoms with Crippen molar-refractivity contribution in [3.05, 3.63) is 65.2 Å². The van der Waals surface area contributed by atoms with Crippen LogP contribution in [0, 0.1) is 6.92 Å². The first-order chi connectivity index (χ1) is 9.66. The van der Waals surface area contributed by atoms with Crippen LogP contribution >= 0.6 is 0 Å². The van der Waals surface area contributed by atoms with E-state index in [1.165, 1.54) is 11.1 Å². The summed E-state index contributed by atoms with van der Waals surface area (Å²) in [5, 5.41) is 0. The third kappa shape index (κ3) is 2.11. The number of rotatable bonds is 3. The van der Waals surface area contributed by atoms with E-state index in [2.05, 4.69) is 6.07 Å². The van der Waals surface area contributed by atoms with Gasteiger partial charge in [-0.25, -0.2) is 0 Å². The van der Waals surface area contributed by atoms with Crippen LogP contribution in [-0.4, -0.2) is 18.2 Å². The molecule has 0 aliphatic carbocycles. The summed E-state index contributed by atoms with van der Waals surface area (Å²) >= 11 is 0. The highest BCUT2D eigenvalue weighted by atomic mass is 16.2. The minimum absolute atomic E-state index is 0.398. The molecular weight excluding hydrogens is 250 g/mol. The van der Waals surface area contributed by atoms with Gasteiger partial charge in [0, 0.05) is 6.54 Å². The molecule has 0 spiro atoms. The Kier molecular flexibility index (Phi) is 3.11. The number of fused-ring (bicyclic) bond motifs is 1. The van der Waals surface area contributed by atoms with Gasteiger partial charge in [0.2, 0.25) is 0 Å². The van der Waals surface area contributed by atoms with E-state index in [0.717, 1.165) is 12.1 Å². The highest BCUT2D eigenvalue weighted by Crippen LogP contribution is 2.28. The number of Topliss-reactive ketones (excluding diaryl/α,β-unsaturated/α-hetero) is 1. The molecule has 0 atom stereocenters. The number of hydrogen-bond acceptors (Lipinski definition) is 2. The Morgan fingerprint density at radius 1 is 1.00 bits per heavy atom. The summed E-state index contributed by atoms with van der Waals surface area (Å²) in [4.78, 5) is 25.5. The first kappa shape index (κ1) is 12.6. The minimum Gasteiger partial charge on any atom is -0.304 e. The number of benzene rings is 2. The molecule has 1 aliphatic heterocycles. The van der Waals surface area contributed by atoms with Gasteiger partial charge in [-0.3, -0.25) is 9.59 Å². The fourth-order valence-corrected chi connectivity index (χ4v) is 2.58. The maximum Gasteiger partial charge on any atom is 0.299 e. The second kappa shape index (κ2) is 4.93. The van der Waals surface area contributed by atoms with Crippen LogP contribution in [0.25, 0.3) is 0 Å². The summed E-state index contributed by atoms with van der Waals surface area (Å²) in [6.45, 7) is 2.58. The lowest BCUT2D eigenvalue weighted by Crippen LogP contribution is -2.31. The van der Waals surface area contributed by atoms with Crippen LogP contribution in [0.2, 0.25) is 0 Å². The normalized spacial score (nSPS) is 13.8. The quantitative estimate of drug-likeness (QED) is 0.800. The van der Waals surface area contributed by atoms with Crippen LogP contribution in [-0.2, 0) is 11.2 Å². The SMILES string of the molecule is Cc1cccc(CCN2C(=O)C(=O)c3ccccc32)c1. The zero-order valence-corrected chi connectivity index (χ0v) is 11.3. The van der Waals surface area contributed by atoms with Crippen molar-refractivity contribution in [1.29, 1.82) is 0 Å². The molecule has 2 aromatic carbocycles. The average molecular weight is 265 g/mol. The molecule has 0 N–H and O–H groups in total. The Bertz CT molecular complexity index is 691. The Hall–Kier alpha value is -2.42. The molecule has 3 heteroatoms. The van der Waals surface area contributed by atoms with E-state index in [4.69, 9.17) is 0 Å². The van der Waals surface area contributed by atoms with Gasteiger partial charge in [0.05, 0.1) is 11.3 Å². The number of hydrogen-bond donors (Lipinski definition) is 0. The predicted molar refractivity (Wildman–Crippen MR) is 78.0 cm³/mol. The molecule has 3 nitrogen and oxygen atoms in total. The van der Waals surface area contributed by atoms with Gasteiger partial charge in [-0.05, 0) is 31.0 Å². The Morgan fingerprint density at radius 2 is 1.80 bits per heavy atom. The van der Waals surface area contributed by atoms with Gasteiger partial charge in [0.15, 0.2) is 0 Å². The average Bonchev–Trinajstić information content (AvgIpc) is 2.70. The van der Waals surface area contributed by atoms with E-state index in [0.29, 0.717) is 12.1 Å². The van der Waals surface area contributed by atoms with E-state index in [1.807, 2.05) is 37.3 Å². The summed E-state index contributed by atoms with van der Waals surface area (Å²) in [5.41, 5.74) is 3.62. The number of carbonyl (C=O) groups excluding carboxylic acids is 2. The number of para-hydroxylation sites is 1. The summed E-state index contributed by atoms with van der Waals surface area (Å²) in [6, 6.07) is 15.4. The molecule has 0 aromatic heterocycles. The van der Waals surface area contributed by atoms with Crippen LogP contribution in [0.5, 0.6) is 0 Å². The van der Waals surface area contributed by atoms with Crippen molar-refractivity contribution >= 4 is 17.4 Å². The van der Waals surface area contributed by atoms with Gasteiger partial charge in [-0.2, -0.15) is 0 Å². The fourth-order valence-electron chi connectivity index (χ4n) is 2.58.